The summed E-state index contributed by atoms with van der Waals surface area (Å²) in [6.45, 7) is 5.24. The van der Waals surface area contributed by atoms with Gasteiger partial charge in [0.1, 0.15) is 11.6 Å². The van der Waals surface area contributed by atoms with E-state index in [0.717, 1.165) is 6.42 Å². The Morgan fingerprint density at radius 2 is 1.89 bits per heavy atom. The van der Waals surface area contributed by atoms with Gasteiger partial charge >= 0.3 is 12.1 Å². The summed E-state index contributed by atoms with van der Waals surface area (Å²) in [5, 5.41) is 19.2. The lowest BCUT2D eigenvalue weighted by Crippen LogP contribution is -2.65. The molecule has 2 bridgehead atoms. The summed E-state index contributed by atoms with van der Waals surface area (Å²) in [4.78, 5) is 24.9. The lowest BCUT2D eigenvalue weighted by Gasteiger charge is -2.51. The Balaban J connectivity index is 2.22. The summed E-state index contributed by atoms with van der Waals surface area (Å²) < 4.78 is 5.29. The molecule has 2 heterocycles. The van der Waals surface area contributed by atoms with Crippen molar-refractivity contribution in [2.75, 3.05) is 0 Å². The molecule has 108 valence electrons. The molecule has 3 aliphatic rings. The predicted octanol–water partition coefficient (Wildman–Crippen LogP) is 1.22. The van der Waals surface area contributed by atoms with Crippen LogP contribution in [0.25, 0.3) is 0 Å². The number of piperidine rings is 2. The van der Waals surface area contributed by atoms with Crippen LogP contribution in [0.4, 0.5) is 4.79 Å². The van der Waals surface area contributed by atoms with Crippen molar-refractivity contribution in [2.24, 2.45) is 5.92 Å². The van der Waals surface area contributed by atoms with Gasteiger partial charge in [0.05, 0.1) is 6.10 Å². The first-order valence-electron chi connectivity index (χ1n) is 6.63. The van der Waals surface area contributed by atoms with E-state index in [0.29, 0.717) is 12.8 Å². The number of carboxylic acids is 1. The highest BCUT2D eigenvalue weighted by Crippen LogP contribution is 2.40. The normalized spacial score (nSPS) is 34.2. The highest BCUT2D eigenvalue weighted by Gasteiger charge is 2.52. The van der Waals surface area contributed by atoms with Crippen LogP contribution in [0, 0.1) is 5.92 Å². The van der Waals surface area contributed by atoms with Crippen molar-refractivity contribution in [3.8, 4) is 0 Å². The molecular weight excluding hydrogens is 250 g/mol. The second kappa shape index (κ2) is 4.67. The molecule has 2 aliphatic heterocycles. The zero-order valence-electron chi connectivity index (χ0n) is 11.5. The number of carboxylic acid groups (broad SMARTS) is 1. The Morgan fingerprint density at radius 3 is 2.37 bits per heavy atom. The number of nitrogens with zero attached hydrogens (tertiary/aromatic N) is 1. The van der Waals surface area contributed by atoms with Crippen LogP contribution in [0.1, 0.15) is 40.0 Å². The molecule has 1 amide bonds. The van der Waals surface area contributed by atoms with Crippen LogP contribution in [0.2, 0.25) is 0 Å². The molecule has 1 aliphatic carbocycles. The number of rotatable bonds is 1. The number of aliphatic hydroxyl groups is 1. The highest BCUT2D eigenvalue weighted by atomic mass is 16.6. The third kappa shape index (κ3) is 2.68. The minimum absolute atomic E-state index is 0.240. The maximum absolute atomic E-state index is 12.2. The molecular formula is C13H21NO5. The smallest absolute Gasteiger partial charge is 0.411 e. The summed E-state index contributed by atoms with van der Waals surface area (Å²) in [7, 11) is 0. The SMILES string of the molecule is CC(C)(C)OC(=O)N1C2CCC(C(O)C2)C1C(=O)O. The van der Waals surface area contributed by atoms with Crippen LogP contribution in [0.5, 0.6) is 0 Å². The summed E-state index contributed by atoms with van der Waals surface area (Å²) >= 11 is 0. The molecule has 0 spiro atoms. The Labute approximate surface area is 112 Å². The number of aliphatic carboxylic acids is 1. The third-order valence-electron chi connectivity index (χ3n) is 3.80. The van der Waals surface area contributed by atoms with E-state index < -0.39 is 35.7 Å². The van der Waals surface area contributed by atoms with Crippen LogP contribution in [0.15, 0.2) is 0 Å². The first-order valence-corrected chi connectivity index (χ1v) is 6.63. The average Bonchev–Trinajstić information content (AvgIpc) is 2.25. The van der Waals surface area contributed by atoms with Crippen LogP contribution >= 0.6 is 0 Å². The lowest BCUT2D eigenvalue weighted by molar-refractivity contribution is -0.159. The summed E-state index contributed by atoms with van der Waals surface area (Å²) in [6, 6.07) is -1.21. The van der Waals surface area contributed by atoms with Gasteiger partial charge in [-0.25, -0.2) is 9.59 Å². The molecule has 1 saturated carbocycles. The summed E-state index contributed by atoms with van der Waals surface area (Å²) in [5.41, 5.74) is -0.657. The van der Waals surface area contributed by atoms with Crippen molar-refractivity contribution < 1.29 is 24.5 Å². The van der Waals surface area contributed by atoms with Crippen LogP contribution < -0.4 is 0 Å². The summed E-state index contributed by atoms with van der Waals surface area (Å²) in [5.74, 6) is -1.46. The second-order valence-electron chi connectivity index (χ2n) is 6.37. The molecule has 0 aromatic heterocycles. The average molecular weight is 271 g/mol. The summed E-state index contributed by atoms with van der Waals surface area (Å²) in [6.07, 6.45) is 0.570. The van der Waals surface area contributed by atoms with Gasteiger partial charge in [0.25, 0.3) is 0 Å². The van der Waals surface area contributed by atoms with Crippen LogP contribution in [-0.2, 0) is 9.53 Å². The van der Waals surface area contributed by atoms with E-state index in [1.165, 1.54) is 4.90 Å². The van der Waals surface area contributed by atoms with Gasteiger partial charge in [0.2, 0.25) is 0 Å². The van der Waals surface area contributed by atoms with Gasteiger partial charge in [0.15, 0.2) is 0 Å². The molecule has 2 saturated heterocycles. The van der Waals surface area contributed by atoms with Gasteiger partial charge in [-0.05, 0) is 40.0 Å². The van der Waals surface area contributed by atoms with E-state index in [-0.39, 0.29) is 6.04 Å². The molecule has 6 heteroatoms. The van der Waals surface area contributed by atoms with E-state index in [1.54, 1.807) is 20.8 Å². The van der Waals surface area contributed by atoms with E-state index in [2.05, 4.69) is 0 Å². The molecule has 3 rings (SSSR count). The molecule has 0 aromatic carbocycles. The fourth-order valence-electron chi connectivity index (χ4n) is 3.08. The standard InChI is InChI=1S/C13H21NO5/c1-13(2,3)19-12(18)14-7-4-5-8(9(15)6-7)10(14)11(16)17/h7-10,15H,4-6H2,1-3H3,(H,16,17). The zero-order valence-corrected chi connectivity index (χ0v) is 11.5. The van der Waals surface area contributed by atoms with E-state index in [4.69, 9.17) is 4.74 Å². The van der Waals surface area contributed by atoms with Gasteiger partial charge in [-0.3, -0.25) is 4.90 Å². The number of fused-ring (bicyclic) bond motifs is 3. The van der Waals surface area contributed by atoms with Crippen molar-refractivity contribution in [2.45, 2.75) is 63.8 Å². The first-order chi connectivity index (χ1) is 8.70. The number of hydrogen-bond donors (Lipinski definition) is 2. The van der Waals surface area contributed by atoms with Crippen molar-refractivity contribution in [3.05, 3.63) is 0 Å². The van der Waals surface area contributed by atoms with Gasteiger partial charge in [-0.2, -0.15) is 0 Å². The number of hydrogen-bond acceptors (Lipinski definition) is 4. The fourth-order valence-corrected chi connectivity index (χ4v) is 3.08. The van der Waals surface area contributed by atoms with Crippen molar-refractivity contribution in [1.29, 1.82) is 0 Å². The molecule has 0 aromatic rings. The second-order valence-corrected chi connectivity index (χ2v) is 6.37. The van der Waals surface area contributed by atoms with Crippen LogP contribution in [0.3, 0.4) is 0 Å². The van der Waals surface area contributed by atoms with Gasteiger partial charge in [-0.15, -0.1) is 0 Å². The molecule has 6 nitrogen and oxygen atoms in total. The maximum Gasteiger partial charge on any atom is 0.411 e. The molecule has 0 radical (unpaired) electrons. The first kappa shape index (κ1) is 14.1. The van der Waals surface area contributed by atoms with Crippen molar-refractivity contribution in [3.63, 3.8) is 0 Å². The predicted molar refractivity (Wildman–Crippen MR) is 66.6 cm³/mol. The Morgan fingerprint density at radius 1 is 1.26 bits per heavy atom. The molecule has 4 unspecified atom stereocenters. The quantitative estimate of drug-likeness (QED) is 0.748. The van der Waals surface area contributed by atoms with Crippen LogP contribution in [-0.4, -0.2) is 51.0 Å². The Kier molecular flexibility index (Phi) is 3.47. The largest absolute Gasteiger partial charge is 0.480 e. The van der Waals surface area contributed by atoms with Crippen molar-refractivity contribution >= 4 is 12.1 Å². The van der Waals surface area contributed by atoms with E-state index in [9.17, 15) is 19.8 Å². The number of carbonyl (C=O) groups excluding carboxylic acids is 1. The van der Waals surface area contributed by atoms with E-state index >= 15 is 0 Å². The minimum Gasteiger partial charge on any atom is -0.480 e. The molecule has 19 heavy (non-hydrogen) atoms. The molecule has 2 N–H and O–H groups in total. The number of carbonyl (C=O) groups is 2. The maximum atomic E-state index is 12.2. The topological polar surface area (TPSA) is 87.1 Å². The lowest BCUT2D eigenvalue weighted by atomic mass is 9.73. The van der Waals surface area contributed by atoms with Gasteiger partial charge in [-0.1, -0.05) is 0 Å². The molecule has 4 atom stereocenters. The minimum atomic E-state index is -1.07. The number of ether oxygens (including phenoxy) is 1. The Hall–Kier alpha value is -1.30. The highest BCUT2D eigenvalue weighted by molar-refractivity contribution is 5.81. The monoisotopic (exact) mass is 271 g/mol. The Bertz CT molecular complexity index is 389. The van der Waals surface area contributed by atoms with E-state index in [1.807, 2.05) is 0 Å². The fraction of sp³-hybridized carbons (Fsp3) is 0.846. The number of amides is 1. The van der Waals surface area contributed by atoms with Gasteiger partial charge in [0, 0.05) is 12.0 Å². The van der Waals surface area contributed by atoms with Gasteiger partial charge < -0.3 is 14.9 Å². The zero-order chi connectivity index (χ0) is 14.4. The number of aliphatic hydroxyl groups excluding tert-OH is 1. The van der Waals surface area contributed by atoms with Crippen molar-refractivity contribution in [1.82, 2.24) is 4.90 Å². The third-order valence-corrected chi connectivity index (χ3v) is 3.80. The molecule has 3 fully saturated rings.